The number of aromatic amines is 1. The number of carbonyl (C=O) groups is 5. The van der Waals surface area contributed by atoms with Crippen LogP contribution >= 0.6 is 23.5 Å². The van der Waals surface area contributed by atoms with Crippen LogP contribution in [-0.2, 0) is 30.3 Å². The number of fused-ring (bicyclic) bond motifs is 1. The van der Waals surface area contributed by atoms with Gasteiger partial charge >= 0.3 is 18.0 Å². The highest BCUT2D eigenvalue weighted by Gasteiger charge is 2.54. The summed E-state index contributed by atoms with van der Waals surface area (Å²) < 4.78 is 5.27. The second-order valence-electron chi connectivity index (χ2n) is 10.2. The molecule has 224 valence electrons. The molecule has 1 aromatic carbocycles. The molecular weight excluding hydrogens is 592 g/mol. The van der Waals surface area contributed by atoms with Crippen LogP contribution in [0.25, 0.3) is 0 Å². The molecule has 1 fully saturated rings. The van der Waals surface area contributed by atoms with Gasteiger partial charge in [0.05, 0.1) is 0 Å². The number of alkyl carbamates (subject to hydrolysis) is 1. The van der Waals surface area contributed by atoms with Crippen LogP contribution < -0.4 is 10.6 Å². The summed E-state index contributed by atoms with van der Waals surface area (Å²) in [5, 5.41) is 39.5. The number of nitrogens with zero attached hydrogens (tertiary/aromatic N) is 3. The van der Waals surface area contributed by atoms with E-state index in [4.69, 9.17) is 9.84 Å². The minimum Gasteiger partial charge on any atom is -0.508 e. The topological polar surface area (TPSA) is 224 Å². The van der Waals surface area contributed by atoms with Crippen molar-refractivity contribution in [1.29, 1.82) is 0 Å². The molecule has 2 aliphatic heterocycles. The molecule has 0 spiro atoms. The van der Waals surface area contributed by atoms with E-state index in [2.05, 4.69) is 25.8 Å². The number of nitrogens with one attached hydrogen (secondary N) is 3. The van der Waals surface area contributed by atoms with Crippen LogP contribution in [0.2, 0.25) is 0 Å². The van der Waals surface area contributed by atoms with Crippen LogP contribution in [0.3, 0.4) is 0 Å². The Balaban J connectivity index is 1.47. The number of hydrogen-bond donors (Lipinski definition) is 6. The van der Waals surface area contributed by atoms with Gasteiger partial charge in [-0.15, -0.1) is 16.9 Å². The zero-order valence-corrected chi connectivity index (χ0v) is 24.2. The first-order chi connectivity index (χ1) is 19.7. The fourth-order valence-corrected chi connectivity index (χ4v) is 6.44. The van der Waals surface area contributed by atoms with Crippen molar-refractivity contribution in [2.45, 2.75) is 55.4 Å². The largest absolute Gasteiger partial charge is 0.508 e. The van der Waals surface area contributed by atoms with Crippen molar-refractivity contribution in [3.05, 3.63) is 46.9 Å². The molecule has 0 saturated carbocycles. The zero-order chi connectivity index (χ0) is 30.8. The number of carbonyl (C=O) groups excluding carboxylic acids is 3. The van der Waals surface area contributed by atoms with Gasteiger partial charge in [-0.3, -0.25) is 24.4 Å². The SMILES string of the molecule is CC(C)(C)OC(=O)N[C@@H](C(=O)NC1C(=O)N2C(C(=O)O)=C(CSc3n[nH]c(CC(=O)O)n3)CS[C@H]12)c1ccc(O)cc1. The third-order valence-electron chi connectivity index (χ3n) is 5.90. The minimum absolute atomic E-state index is 0.0516. The number of thioether (sulfide) groups is 2. The number of amides is 3. The van der Waals surface area contributed by atoms with Crippen molar-refractivity contribution in [1.82, 2.24) is 30.7 Å². The van der Waals surface area contributed by atoms with Crippen LogP contribution in [0, 0.1) is 0 Å². The number of hydrogen-bond acceptors (Lipinski definition) is 11. The van der Waals surface area contributed by atoms with Gasteiger partial charge in [0.1, 0.15) is 46.8 Å². The summed E-state index contributed by atoms with van der Waals surface area (Å²) >= 11 is 2.35. The molecule has 0 radical (unpaired) electrons. The Morgan fingerprint density at radius 2 is 1.90 bits per heavy atom. The smallest absolute Gasteiger partial charge is 0.408 e. The van der Waals surface area contributed by atoms with E-state index in [-0.39, 0.29) is 40.4 Å². The summed E-state index contributed by atoms with van der Waals surface area (Å²) in [5.41, 5.74) is -0.290. The van der Waals surface area contributed by atoms with Gasteiger partial charge in [-0.25, -0.2) is 14.6 Å². The summed E-state index contributed by atoms with van der Waals surface area (Å²) in [4.78, 5) is 67.2. The van der Waals surface area contributed by atoms with Crippen molar-refractivity contribution in [2.24, 2.45) is 0 Å². The van der Waals surface area contributed by atoms with Gasteiger partial charge in [0, 0.05) is 11.5 Å². The first kappa shape index (κ1) is 30.7. The summed E-state index contributed by atoms with van der Waals surface area (Å²) in [6.07, 6.45) is -1.21. The van der Waals surface area contributed by atoms with Gasteiger partial charge in [0.2, 0.25) is 11.1 Å². The lowest BCUT2D eigenvalue weighted by Gasteiger charge is -2.49. The third-order valence-corrected chi connectivity index (χ3v) is 8.18. The molecule has 1 saturated heterocycles. The van der Waals surface area contributed by atoms with Gasteiger partial charge in [-0.05, 0) is 44.0 Å². The number of benzene rings is 1. The molecule has 3 heterocycles. The predicted molar refractivity (Wildman–Crippen MR) is 148 cm³/mol. The van der Waals surface area contributed by atoms with E-state index in [0.29, 0.717) is 11.1 Å². The summed E-state index contributed by atoms with van der Waals surface area (Å²) in [5.74, 6) is -3.29. The number of carboxylic acid groups (broad SMARTS) is 2. The molecular formula is C25H28N6O9S2. The van der Waals surface area contributed by atoms with Crippen LogP contribution in [0.15, 0.2) is 40.7 Å². The second kappa shape index (κ2) is 12.3. The number of aromatic hydroxyl groups is 1. The van der Waals surface area contributed by atoms with Crippen LogP contribution in [0.1, 0.15) is 38.2 Å². The lowest BCUT2D eigenvalue weighted by molar-refractivity contribution is -0.151. The number of phenolic OH excluding ortho intramolecular Hbond substituents is 1. The van der Waals surface area contributed by atoms with Crippen LogP contribution in [0.4, 0.5) is 4.79 Å². The molecule has 42 heavy (non-hydrogen) atoms. The van der Waals surface area contributed by atoms with E-state index >= 15 is 0 Å². The molecule has 0 bridgehead atoms. The van der Waals surface area contributed by atoms with Crippen molar-refractivity contribution in [2.75, 3.05) is 11.5 Å². The number of phenols is 1. The Bertz CT molecular complexity index is 1440. The van der Waals surface area contributed by atoms with Crippen molar-refractivity contribution in [3.8, 4) is 5.75 Å². The number of carboxylic acids is 2. The Hall–Kier alpha value is -4.25. The molecule has 1 aromatic heterocycles. The standard InChI is InChI=1S/C25H28N6O9S2/c1-25(2,3)40-24(39)28-16(11-4-6-13(32)7-5-11)19(35)27-17-20(36)31-18(22(37)38)12(9-41-21(17)31)10-42-23-26-14(29-30-23)8-15(33)34/h4-7,16-17,21,32H,8-10H2,1-3H3,(H,27,35)(H,28,39)(H,33,34)(H,37,38)(H,26,29,30)/t16-,17?,21-/m1/s1. The van der Waals surface area contributed by atoms with E-state index in [1.807, 2.05) is 0 Å². The molecule has 15 nitrogen and oxygen atoms in total. The second-order valence-corrected chi connectivity index (χ2v) is 12.3. The lowest BCUT2D eigenvalue weighted by Crippen LogP contribution is -2.71. The predicted octanol–water partition coefficient (Wildman–Crippen LogP) is 1.23. The van der Waals surface area contributed by atoms with Crippen LogP contribution in [-0.4, -0.2) is 93.8 Å². The van der Waals surface area contributed by atoms with Crippen molar-refractivity contribution >= 4 is 53.4 Å². The minimum atomic E-state index is -1.32. The maximum Gasteiger partial charge on any atom is 0.408 e. The zero-order valence-electron chi connectivity index (χ0n) is 22.6. The summed E-state index contributed by atoms with van der Waals surface area (Å²) in [7, 11) is 0. The quantitative estimate of drug-likeness (QED) is 0.163. The van der Waals surface area contributed by atoms with Crippen molar-refractivity contribution in [3.63, 3.8) is 0 Å². The normalized spacial score (nSPS) is 18.9. The molecule has 4 rings (SSSR count). The van der Waals surface area contributed by atoms with E-state index in [1.54, 1.807) is 20.8 Å². The average molecular weight is 621 g/mol. The molecule has 6 N–H and O–H groups in total. The molecule has 0 aliphatic carbocycles. The van der Waals surface area contributed by atoms with Gasteiger partial charge in [0.15, 0.2) is 0 Å². The van der Waals surface area contributed by atoms with Gasteiger partial charge in [-0.2, -0.15) is 0 Å². The maximum absolute atomic E-state index is 13.4. The van der Waals surface area contributed by atoms with E-state index < -0.39 is 52.9 Å². The van der Waals surface area contributed by atoms with Gasteiger partial charge in [0.25, 0.3) is 5.91 Å². The maximum atomic E-state index is 13.4. The fraction of sp³-hybridized carbons (Fsp3) is 0.400. The van der Waals surface area contributed by atoms with Gasteiger partial charge < -0.3 is 30.7 Å². The van der Waals surface area contributed by atoms with Crippen molar-refractivity contribution < 1.29 is 44.0 Å². The van der Waals surface area contributed by atoms with Gasteiger partial charge in [-0.1, -0.05) is 23.9 Å². The first-order valence-corrected chi connectivity index (χ1v) is 14.5. The number of H-pyrrole nitrogens is 1. The monoisotopic (exact) mass is 620 g/mol. The lowest BCUT2D eigenvalue weighted by atomic mass is 10.0. The number of aromatic nitrogens is 3. The summed E-state index contributed by atoms with van der Waals surface area (Å²) in [6, 6.07) is 3.23. The fourth-order valence-electron chi connectivity index (χ4n) is 4.14. The third kappa shape index (κ3) is 7.14. The Morgan fingerprint density at radius 3 is 2.52 bits per heavy atom. The Labute approximate surface area is 247 Å². The van der Waals surface area contributed by atoms with E-state index in [9.17, 15) is 34.2 Å². The Kier molecular flexibility index (Phi) is 9.00. The first-order valence-electron chi connectivity index (χ1n) is 12.5. The molecule has 2 aromatic rings. The average Bonchev–Trinajstić information content (AvgIpc) is 3.34. The van der Waals surface area contributed by atoms with Crippen LogP contribution in [0.5, 0.6) is 5.75 Å². The molecule has 2 aliphatic rings. The number of aliphatic carboxylic acids is 2. The molecule has 17 heteroatoms. The molecule has 1 unspecified atom stereocenters. The summed E-state index contributed by atoms with van der Waals surface area (Å²) in [6.45, 7) is 4.98. The number of ether oxygens (including phenoxy) is 1. The number of rotatable bonds is 10. The van der Waals surface area contributed by atoms with E-state index in [0.717, 1.165) is 16.7 Å². The molecule has 3 amide bonds. The highest BCUT2D eigenvalue weighted by atomic mass is 32.2. The molecule has 3 atom stereocenters. The highest BCUT2D eigenvalue weighted by molar-refractivity contribution is 8.01. The highest BCUT2D eigenvalue weighted by Crippen LogP contribution is 2.41. The van der Waals surface area contributed by atoms with E-state index in [1.165, 1.54) is 36.0 Å². The number of β-lactam (4-membered cyclic amide) rings is 1. The Morgan fingerprint density at radius 1 is 1.21 bits per heavy atom.